The van der Waals surface area contributed by atoms with E-state index in [0.29, 0.717) is 11.7 Å². The van der Waals surface area contributed by atoms with Gasteiger partial charge in [0.2, 0.25) is 0 Å². The Hall–Kier alpha value is -1.32. The molecule has 2 unspecified atom stereocenters. The summed E-state index contributed by atoms with van der Waals surface area (Å²) in [6.45, 7) is 6.14. The first-order valence-electron chi connectivity index (χ1n) is 5.99. The molecule has 16 heavy (non-hydrogen) atoms. The van der Waals surface area contributed by atoms with E-state index in [9.17, 15) is 4.79 Å². The topological polar surface area (TPSA) is 49.0 Å². The maximum Gasteiger partial charge on any atom is 0.291 e. The van der Waals surface area contributed by atoms with Crippen LogP contribution in [0.25, 0.3) is 0 Å². The first-order valence-corrected chi connectivity index (χ1v) is 5.99. The molecule has 0 aromatic carbocycles. The molecule has 2 heterocycles. The molecule has 1 N–H and O–H groups in total. The second-order valence-electron chi connectivity index (χ2n) is 5.31. The Bertz CT molecular complexity index is 456. The highest BCUT2D eigenvalue weighted by atomic mass is 16.1. The second-order valence-corrected chi connectivity index (χ2v) is 5.31. The molecule has 2 aliphatic rings. The number of piperidine rings is 1. The standard InChI is InChI=1S/C12H17N3O/c1-7(2)10-4-13-11(12(16)14-10)15-5-8-3-9(8)6-15/h4,7-9H,3,5-6H2,1-2H3,(H,14,16). The molecule has 86 valence electrons. The van der Waals surface area contributed by atoms with Gasteiger partial charge < -0.3 is 9.88 Å². The fraction of sp³-hybridized carbons (Fsp3) is 0.667. The molecule has 0 amide bonds. The smallest absolute Gasteiger partial charge is 0.291 e. The van der Waals surface area contributed by atoms with Gasteiger partial charge in [-0.2, -0.15) is 0 Å². The van der Waals surface area contributed by atoms with Crippen molar-refractivity contribution in [2.75, 3.05) is 18.0 Å². The van der Waals surface area contributed by atoms with Gasteiger partial charge in [0.1, 0.15) is 0 Å². The molecular weight excluding hydrogens is 202 g/mol. The molecule has 4 nitrogen and oxygen atoms in total. The Morgan fingerprint density at radius 1 is 1.44 bits per heavy atom. The van der Waals surface area contributed by atoms with Gasteiger partial charge in [-0.1, -0.05) is 13.8 Å². The van der Waals surface area contributed by atoms with Crippen LogP contribution >= 0.6 is 0 Å². The van der Waals surface area contributed by atoms with E-state index < -0.39 is 0 Å². The first-order chi connectivity index (χ1) is 7.65. The molecule has 1 saturated carbocycles. The number of rotatable bonds is 2. The monoisotopic (exact) mass is 219 g/mol. The fourth-order valence-electron chi connectivity index (χ4n) is 2.50. The van der Waals surface area contributed by atoms with Crippen molar-refractivity contribution in [3.63, 3.8) is 0 Å². The largest absolute Gasteiger partial charge is 0.351 e. The van der Waals surface area contributed by atoms with Crippen molar-refractivity contribution in [3.05, 3.63) is 22.2 Å². The van der Waals surface area contributed by atoms with Crippen LogP contribution < -0.4 is 10.5 Å². The van der Waals surface area contributed by atoms with Gasteiger partial charge >= 0.3 is 0 Å². The van der Waals surface area contributed by atoms with Crippen LogP contribution in [0.15, 0.2) is 11.0 Å². The van der Waals surface area contributed by atoms with Gasteiger partial charge in [-0.3, -0.25) is 4.79 Å². The molecule has 0 spiro atoms. The average molecular weight is 219 g/mol. The third-order valence-electron chi connectivity index (χ3n) is 3.69. The molecule has 1 aromatic heterocycles. The molecular formula is C12H17N3O. The molecule has 0 radical (unpaired) electrons. The summed E-state index contributed by atoms with van der Waals surface area (Å²) in [4.78, 5) is 21.3. The lowest BCUT2D eigenvalue weighted by atomic mass is 10.1. The summed E-state index contributed by atoms with van der Waals surface area (Å²) in [6, 6.07) is 0. The lowest BCUT2D eigenvalue weighted by molar-refractivity contribution is 0.768. The van der Waals surface area contributed by atoms with Gasteiger partial charge in [-0.05, 0) is 24.2 Å². The van der Waals surface area contributed by atoms with Crippen LogP contribution in [-0.2, 0) is 0 Å². The number of aromatic nitrogens is 2. The minimum absolute atomic E-state index is 0.0347. The van der Waals surface area contributed by atoms with Gasteiger partial charge in [-0.25, -0.2) is 4.98 Å². The quantitative estimate of drug-likeness (QED) is 0.816. The lowest BCUT2D eigenvalue weighted by Gasteiger charge is -2.18. The second kappa shape index (κ2) is 3.34. The van der Waals surface area contributed by atoms with Crippen molar-refractivity contribution < 1.29 is 0 Å². The van der Waals surface area contributed by atoms with E-state index in [-0.39, 0.29) is 5.56 Å². The van der Waals surface area contributed by atoms with Gasteiger partial charge in [0.15, 0.2) is 5.82 Å². The predicted octanol–water partition coefficient (Wildman–Crippen LogP) is 1.35. The fourth-order valence-corrected chi connectivity index (χ4v) is 2.50. The zero-order chi connectivity index (χ0) is 11.3. The Morgan fingerprint density at radius 2 is 2.12 bits per heavy atom. The van der Waals surface area contributed by atoms with E-state index in [1.165, 1.54) is 6.42 Å². The molecule has 2 atom stereocenters. The Morgan fingerprint density at radius 3 is 2.69 bits per heavy atom. The molecule has 4 heteroatoms. The summed E-state index contributed by atoms with van der Waals surface area (Å²) >= 11 is 0. The van der Waals surface area contributed by atoms with E-state index in [4.69, 9.17) is 0 Å². The predicted molar refractivity (Wildman–Crippen MR) is 62.8 cm³/mol. The number of hydrogen-bond acceptors (Lipinski definition) is 3. The van der Waals surface area contributed by atoms with Crippen LogP contribution in [0.5, 0.6) is 0 Å². The van der Waals surface area contributed by atoms with Crippen LogP contribution in [0, 0.1) is 11.8 Å². The zero-order valence-corrected chi connectivity index (χ0v) is 9.73. The van der Waals surface area contributed by atoms with Crippen molar-refractivity contribution in [2.45, 2.75) is 26.2 Å². The summed E-state index contributed by atoms with van der Waals surface area (Å²) in [7, 11) is 0. The van der Waals surface area contributed by atoms with Crippen molar-refractivity contribution in [1.29, 1.82) is 0 Å². The summed E-state index contributed by atoms with van der Waals surface area (Å²) in [5.41, 5.74) is 0.880. The number of anilines is 1. The van der Waals surface area contributed by atoms with Crippen molar-refractivity contribution >= 4 is 5.82 Å². The summed E-state index contributed by atoms with van der Waals surface area (Å²) in [5.74, 6) is 2.58. The van der Waals surface area contributed by atoms with E-state index in [2.05, 4.69) is 28.7 Å². The summed E-state index contributed by atoms with van der Waals surface area (Å²) in [5, 5.41) is 0. The minimum Gasteiger partial charge on any atom is -0.351 e. The van der Waals surface area contributed by atoms with Crippen LogP contribution in [0.1, 0.15) is 31.9 Å². The first kappa shape index (κ1) is 9.87. The number of aromatic amines is 1. The third-order valence-corrected chi connectivity index (χ3v) is 3.69. The third kappa shape index (κ3) is 1.52. The van der Waals surface area contributed by atoms with Crippen molar-refractivity contribution in [1.82, 2.24) is 9.97 Å². The number of hydrogen-bond donors (Lipinski definition) is 1. The van der Waals surface area contributed by atoms with Crippen LogP contribution in [0.4, 0.5) is 5.82 Å². The highest BCUT2D eigenvalue weighted by Crippen LogP contribution is 2.45. The van der Waals surface area contributed by atoms with Crippen LogP contribution in [0.2, 0.25) is 0 Å². The summed E-state index contributed by atoms with van der Waals surface area (Å²) < 4.78 is 0. The number of nitrogens with zero attached hydrogens (tertiary/aromatic N) is 2. The number of H-pyrrole nitrogens is 1. The minimum atomic E-state index is -0.0347. The molecule has 1 aliphatic carbocycles. The highest BCUT2D eigenvalue weighted by Gasteiger charge is 2.45. The molecule has 3 rings (SSSR count). The van der Waals surface area contributed by atoms with E-state index in [1.54, 1.807) is 6.20 Å². The Labute approximate surface area is 94.7 Å². The molecule has 1 aliphatic heterocycles. The van der Waals surface area contributed by atoms with E-state index in [1.807, 2.05) is 0 Å². The van der Waals surface area contributed by atoms with Crippen LogP contribution in [-0.4, -0.2) is 23.1 Å². The van der Waals surface area contributed by atoms with E-state index in [0.717, 1.165) is 30.6 Å². The molecule has 1 saturated heterocycles. The summed E-state index contributed by atoms with van der Waals surface area (Å²) in [6.07, 6.45) is 3.14. The zero-order valence-electron chi connectivity index (χ0n) is 9.73. The van der Waals surface area contributed by atoms with Crippen molar-refractivity contribution in [2.24, 2.45) is 11.8 Å². The number of fused-ring (bicyclic) bond motifs is 1. The lowest BCUT2D eigenvalue weighted by Crippen LogP contribution is -2.30. The van der Waals surface area contributed by atoms with Crippen LogP contribution in [0.3, 0.4) is 0 Å². The van der Waals surface area contributed by atoms with Gasteiger partial charge in [0.25, 0.3) is 5.56 Å². The average Bonchev–Trinajstić information content (AvgIpc) is 2.85. The maximum absolute atomic E-state index is 11.9. The van der Waals surface area contributed by atoms with Gasteiger partial charge in [-0.15, -0.1) is 0 Å². The Balaban J connectivity index is 1.87. The van der Waals surface area contributed by atoms with E-state index >= 15 is 0 Å². The molecule has 0 bridgehead atoms. The Kier molecular flexibility index (Phi) is 2.06. The normalized spacial score (nSPS) is 27.3. The van der Waals surface area contributed by atoms with Crippen molar-refractivity contribution in [3.8, 4) is 0 Å². The van der Waals surface area contributed by atoms with Gasteiger partial charge in [0, 0.05) is 25.0 Å². The number of nitrogens with one attached hydrogen (secondary N) is 1. The molecule has 2 fully saturated rings. The highest BCUT2D eigenvalue weighted by molar-refractivity contribution is 5.39. The SMILES string of the molecule is CC(C)c1cnc(N2CC3CC3C2)c(=O)[nH]1. The molecule has 1 aromatic rings. The van der Waals surface area contributed by atoms with Gasteiger partial charge in [0.05, 0.1) is 0 Å². The maximum atomic E-state index is 11.9.